The molecular weight excluding hydrogens is 256 g/mol. The third-order valence-corrected chi connectivity index (χ3v) is 3.20. The number of aliphatic carboxylic acids is 2. The van der Waals surface area contributed by atoms with E-state index in [4.69, 9.17) is 9.84 Å². The number of esters is 1. The molecule has 1 atom stereocenters. The molecule has 7 heteroatoms. The van der Waals surface area contributed by atoms with E-state index in [1.54, 1.807) is 13.8 Å². The molecular formula is C12H20O7. The molecule has 0 saturated carbocycles. The lowest BCUT2D eigenvalue weighted by atomic mass is 9.75. The molecule has 0 heterocycles. The van der Waals surface area contributed by atoms with Gasteiger partial charge >= 0.3 is 17.9 Å². The van der Waals surface area contributed by atoms with Crippen LogP contribution in [0, 0.1) is 5.41 Å². The van der Waals surface area contributed by atoms with E-state index in [1.165, 1.54) is 7.11 Å². The highest BCUT2D eigenvalue weighted by Crippen LogP contribution is 2.35. The Morgan fingerprint density at radius 3 is 2.00 bits per heavy atom. The Labute approximate surface area is 111 Å². The predicted octanol–water partition coefficient (Wildman–Crippen LogP) is 0.910. The Kier molecular flexibility index (Phi) is 7.06. The predicted molar refractivity (Wildman–Crippen MR) is 64.7 cm³/mol. The molecule has 0 aromatic rings. The average molecular weight is 276 g/mol. The van der Waals surface area contributed by atoms with Gasteiger partial charge in [-0.1, -0.05) is 13.8 Å². The summed E-state index contributed by atoms with van der Waals surface area (Å²) in [5, 5.41) is 18.2. The van der Waals surface area contributed by atoms with Crippen LogP contribution >= 0.6 is 0 Å². The van der Waals surface area contributed by atoms with E-state index in [-0.39, 0.29) is 19.4 Å². The van der Waals surface area contributed by atoms with Gasteiger partial charge in [-0.3, -0.25) is 9.59 Å². The lowest BCUT2D eigenvalue weighted by molar-refractivity contribution is -0.175. The lowest BCUT2D eigenvalue weighted by Gasteiger charge is -2.34. The van der Waals surface area contributed by atoms with Crippen molar-refractivity contribution >= 4 is 17.9 Å². The van der Waals surface area contributed by atoms with E-state index in [2.05, 4.69) is 4.74 Å². The van der Waals surface area contributed by atoms with Gasteiger partial charge in [-0.05, 0) is 12.8 Å². The van der Waals surface area contributed by atoms with Crippen molar-refractivity contribution in [2.75, 3.05) is 13.7 Å². The minimum atomic E-state index is -1.40. The summed E-state index contributed by atoms with van der Waals surface area (Å²) in [7, 11) is 1.29. The molecule has 0 spiro atoms. The first-order chi connectivity index (χ1) is 8.83. The smallest absolute Gasteiger partial charge is 0.332 e. The van der Waals surface area contributed by atoms with Gasteiger partial charge in [0.05, 0.1) is 6.42 Å². The van der Waals surface area contributed by atoms with Crippen molar-refractivity contribution in [3.05, 3.63) is 0 Å². The standard InChI is InChI=1S/C12H20O7/c1-4-12(5-2,11(16)17)8(6-9(13)14)19-10(15)7-18-3/h8H,4-7H2,1-3H3,(H,13,14)(H,16,17). The molecule has 0 radical (unpaired) electrons. The summed E-state index contributed by atoms with van der Waals surface area (Å²) in [6.45, 7) is 2.90. The highest BCUT2D eigenvalue weighted by molar-refractivity contribution is 5.79. The second-order valence-corrected chi connectivity index (χ2v) is 4.18. The van der Waals surface area contributed by atoms with Crippen molar-refractivity contribution < 1.29 is 34.1 Å². The largest absolute Gasteiger partial charge is 0.481 e. The molecule has 0 bridgehead atoms. The number of rotatable bonds is 9. The van der Waals surface area contributed by atoms with Crippen LogP contribution < -0.4 is 0 Å². The van der Waals surface area contributed by atoms with Crippen LogP contribution in [-0.4, -0.2) is 47.9 Å². The van der Waals surface area contributed by atoms with Gasteiger partial charge in [-0.25, -0.2) is 4.79 Å². The first-order valence-corrected chi connectivity index (χ1v) is 5.97. The Morgan fingerprint density at radius 1 is 1.16 bits per heavy atom. The number of hydrogen-bond acceptors (Lipinski definition) is 5. The molecule has 0 aliphatic rings. The first-order valence-electron chi connectivity index (χ1n) is 5.97. The zero-order valence-electron chi connectivity index (χ0n) is 11.3. The van der Waals surface area contributed by atoms with Crippen LogP contribution in [0.2, 0.25) is 0 Å². The third-order valence-electron chi connectivity index (χ3n) is 3.20. The minimum Gasteiger partial charge on any atom is -0.481 e. The number of carbonyl (C=O) groups is 3. The maximum absolute atomic E-state index is 11.4. The Morgan fingerprint density at radius 2 is 1.68 bits per heavy atom. The summed E-state index contributed by atoms with van der Waals surface area (Å²) in [5.41, 5.74) is -1.40. The zero-order chi connectivity index (χ0) is 15.1. The quantitative estimate of drug-likeness (QED) is 0.602. The molecule has 0 aromatic heterocycles. The van der Waals surface area contributed by atoms with Gasteiger partial charge in [0.1, 0.15) is 18.1 Å². The molecule has 0 amide bonds. The summed E-state index contributed by atoms with van der Waals surface area (Å²) < 4.78 is 9.57. The Hall–Kier alpha value is -1.63. The van der Waals surface area contributed by atoms with Crippen molar-refractivity contribution in [1.29, 1.82) is 0 Å². The van der Waals surface area contributed by atoms with Crippen LogP contribution in [0.25, 0.3) is 0 Å². The van der Waals surface area contributed by atoms with Crippen molar-refractivity contribution in [3.8, 4) is 0 Å². The van der Waals surface area contributed by atoms with E-state index in [9.17, 15) is 19.5 Å². The highest BCUT2D eigenvalue weighted by atomic mass is 16.6. The van der Waals surface area contributed by atoms with Crippen molar-refractivity contribution in [3.63, 3.8) is 0 Å². The van der Waals surface area contributed by atoms with Gasteiger partial charge in [0, 0.05) is 7.11 Å². The Balaban J connectivity index is 5.23. The second kappa shape index (κ2) is 7.73. The molecule has 0 aliphatic heterocycles. The fourth-order valence-electron chi connectivity index (χ4n) is 1.96. The number of carboxylic acid groups (broad SMARTS) is 2. The summed E-state index contributed by atoms with van der Waals surface area (Å²) >= 11 is 0. The van der Waals surface area contributed by atoms with E-state index in [0.717, 1.165) is 0 Å². The average Bonchev–Trinajstić information content (AvgIpc) is 2.30. The second-order valence-electron chi connectivity index (χ2n) is 4.18. The normalized spacial score (nSPS) is 12.8. The van der Waals surface area contributed by atoms with Crippen molar-refractivity contribution in [1.82, 2.24) is 0 Å². The zero-order valence-corrected chi connectivity index (χ0v) is 11.3. The number of carboxylic acids is 2. The monoisotopic (exact) mass is 276 g/mol. The molecule has 110 valence electrons. The number of ether oxygens (including phenoxy) is 2. The van der Waals surface area contributed by atoms with Crippen LogP contribution in [0.4, 0.5) is 0 Å². The maximum atomic E-state index is 11.4. The molecule has 0 rings (SSSR count). The van der Waals surface area contributed by atoms with Gasteiger partial charge in [-0.15, -0.1) is 0 Å². The molecule has 0 aliphatic carbocycles. The third kappa shape index (κ3) is 4.51. The van der Waals surface area contributed by atoms with E-state index >= 15 is 0 Å². The van der Waals surface area contributed by atoms with E-state index in [1.807, 2.05) is 0 Å². The minimum absolute atomic E-state index is 0.164. The van der Waals surface area contributed by atoms with Gasteiger partial charge < -0.3 is 19.7 Å². The van der Waals surface area contributed by atoms with Gasteiger partial charge in [0.25, 0.3) is 0 Å². The molecule has 0 aromatic carbocycles. The molecule has 2 N–H and O–H groups in total. The van der Waals surface area contributed by atoms with Gasteiger partial charge in [0.2, 0.25) is 0 Å². The summed E-state index contributed by atoms with van der Waals surface area (Å²) in [6, 6.07) is 0. The van der Waals surface area contributed by atoms with E-state index < -0.39 is 35.8 Å². The van der Waals surface area contributed by atoms with Crippen molar-refractivity contribution in [2.45, 2.75) is 39.2 Å². The van der Waals surface area contributed by atoms with Crippen LogP contribution in [-0.2, 0) is 23.9 Å². The van der Waals surface area contributed by atoms with Crippen LogP contribution in [0.1, 0.15) is 33.1 Å². The topological polar surface area (TPSA) is 110 Å². The highest BCUT2D eigenvalue weighted by Gasteiger charge is 2.46. The van der Waals surface area contributed by atoms with Crippen LogP contribution in [0.5, 0.6) is 0 Å². The number of hydrogen-bond donors (Lipinski definition) is 2. The fraction of sp³-hybridized carbons (Fsp3) is 0.750. The van der Waals surface area contributed by atoms with Gasteiger partial charge in [0.15, 0.2) is 0 Å². The number of methoxy groups -OCH3 is 1. The maximum Gasteiger partial charge on any atom is 0.332 e. The summed E-state index contributed by atoms with van der Waals surface area (Å²) in [5.74, 6) is -3.17. The molecule has 7 nitrogen and oxygen atoms in total. The molecule has 19 heavy (non-hydrogen) atoms. The SMILES string of the molecule is CCC(CC)(C(=O)O)C(CC(=O)O)OC(=O)COC. The summed E-state index contributed by atoms with van der Waals surface area (Å²) in [6.07, 6.45) is -1.45. The number of carbonyl (C=O) groups excluding carboxylic acids is 1. The fourth-order valence-corrected chi connectivity index (χ4v) is 1.96. The molecule has 0 saturated heterocycles. The lowest BCUT2D eigenvalue weighted by Crippen LogP contribution is -2.45. The van der Waals surface area contributed by atoms with Crippen LogP contribution in [0.3, 0.4) is 0 Å². The van der Waals surface area contributed by atoms with E-state index in [0.29, 0.717) is 0 Å². The van der Waals surface area contributed by atoms with Crippen molar-refractivity contribution in [2.24, 2.45) is 5.41 Å². The Bertz CT molecular complexity index is 333. The van der Waals surface area contributed by atoms with Gasteiger partial charge in [-0.2, -0.15) is 0 Å². The summed E-state index contributed by atoms with van der Waals surface area (Å²) in [4.78, 5) is 33.7. The van der Waals surface area contributed by atoms with Crippen LogP contribution in [0.15, 0.2) is 0 Å². The first kappa shape index (κ1) is 17.4. The molecule has 1 unspecified atom stereocenters. The molecule has 0 fully saturated rings.